The van der Waals surface area contributed by atoms with Crippen LogP contribution in [0.1, 0.15) is 58.1 Å². The summed E-state index contributed by atoms with van der Waals surface area (Å²) in [6.45, 7) is 17.6. The Morgan fingerprint density at radius 2 is 1.55 bits per heavy atom. The molecule has 0 aliphatic carbocycles. The molecule has 4 aromatic rings. The molecule has 12 heteroatoms. The van der Waals surface area contributed by atoms with Crippen LogP contribution in [0, 0.1) is 17.1 Å². The summed E-state index contributed by atoms with van der Waals surface area (Å²) in [6.07, 6.45) is 4.50. The topological polar surface area (TPSA) is 111 Å². The third-order valence-corrected chi connectivity index (χ3v) is 11.1. The van der Waals surface area contributed by atoms with Gasteiger partial charge in [-0.3, -0.25) is 14.6 Å². The number of anilines is 1. The summed E-state index contributed by atoms with van der Waals surface area (Å²) < 4.78 is 35.5. The van der Waals surface area contributed by atoms with E-state index in [-0.39, 0.29) is 17.0 Å². The van der Waals surface area contributed by atoms with Crippen LogP contribution in [0.4, 0.5) is 10.1 Å². The second-order valence-electron chi connectivity index (χ2n) is 14.4. The Labute approximate surface area is 299 Å². The molecule has 2 aromatic heterocycles. The average Bonchev–Trinajstić information content (AvgIpc) is 3.55. The van der Waals surface area contributed by atoms with Gasteiger partial charge in [0.15, 0.2) is 11.2 Å². The van der Waals surface area contributed by atoms with Gasteiger partial charge in [-0.2, -0.15) is 5.26 Å². The lowest BCUT2D eigenvalue weighted by atomic mass is 10.0. The van der Waals surface area contributed by atoms with Crippen LogP contribution in [-0.4, -0.2) is 117 Å². The Hall–Kier alpha value is -3.73. The van der Waals surface area contributed by atoms with E-state index in [4.69, 9.17) is 14.2 Å². The molecular formula is C39H52FN7O4. The van der Waals surface area contributed by atoms with E-state index in [1.165, 1.54) is 25.9 Å². The SMILES string of the molecule is C1CC(N2CCOCC2)CCN1.CCOc1cc2c(=O)c3c4ccc(C#N)cc4[nH]c3n(C(C)C)c2c(F)c1N1CCC(N2CCOCC2)CC1. The highest BCUT2D eigenvalue weighted by Crippen LogP contribution is 2.40. The van der Waals surface area contributed by atoms with Crippen molar-refractivity contribution in [3.8, 4) is 11.8 Å². The van der Waals surface area contributed by atoms with Gasteiger partial charge in [-0.1, -0.05) is 6.07 Å². The summed E-state index contributed by atoms with van der Waals surface area (Å²) in [5.41, 5.74) is 2.21. The molecule has 0 saturated carbocycles. The molecule has 0 spiro atoms. The lowest BCUT2D eigenvalue weighted by molar-refractivity contribution is 0.0101. The first-order chi connectivity index (χ1) is 24.9. The van der Waals surface area contributed by atoms with E-state index in [0.717, 1.165) is 76.9 Å². The number of hydrogen-bond donors (Lipinski definition) is 2. The van der Waals surface area contributed by atoms with Crippen LogP contribution in [0.2, 0.25) is 0 Å². The number of benzene rings is 2. The number of aromatic nitrogens is 2. The molecule has 0 radical (unpaired) electrons. The minimum Gasteiger partial charge on any atom is -0.492 e. The normalized spacial score (nSPS) is 20.2. The van der Waals surface area contributed by atoms with Crippen molar-refractivity contribution in [2.75, 3.05) is 90.3 Å². The molecule has 11 nitrogen and oxygen atoms in total. The van der Waals surface area contributed by atoms with Gasteiger partial charge in [0.05, 0.1) is 61.0 Å². The van der Waals surface area contributed by atoms with E-state index in [2.05, 4.69) is 31.1 Å². The molecule has 0 amide bonds. The van der Waals surface area contributed by atoms with Crippen LogP contribution in [-0.2, 0) is 9.47 Å². The highest BCUT2D eigenvalue weighted by Gasteiger charge is 2.31. The number of fused-ring (bicyclic) bond motifs is 4. The number of aromatic amines is 1. The average molecular weight is 702 g/mol. The summed E-state index contributed by atoms with van der Waals surface area (Å²) in [5, 5.41) is 14.3. The molecule has 2 N–H and O–H groups in total. The molecule has 4 saturated heterocycles. The first-order valence-corrected chi connectivity index (χ1v) is 18.9. The van der Waals surface area contributed by atoms with Crippen LogP contribution in [0.5, 0.6) is 5.75 Å². The zero-order valence-electron chi connectivity index (χ0n) is 30.3. The van der Waals surface area contributed by atoms with Gasteiger partial charge in [-0.15, -0.1) is 0 Å². The van der Waals surface area contributed by atoms with E-state index in [0.29, 0.717) is 64.7 Å². The van der Waals surface area contributed by atoms with Gasteiger partial charge in [-0.25, -0.2) is 4.39 Å². The van der Waals surface area contributed by atoms with Crippen molar-refractivity contribution in [3.63, 3.8) is 0 Å². The standard InChI is InChI=1S/C30H34FN5O3.C9H18N2O/c1-4-39-24-16-22-27(26(31)28(24)35-9-7-20(8-10-35)34-11-13-38-14-12-34)36(18(2)3)30-25(29(22)37)21-6-5-19(17-32)15-23(21)33-30;1-3-10-4-2-9(1)11-5-7-12-8-6-11/h5-6,15-16,18,20,33H,4,7-14H2,1-3H3;9-10H,1-8H2. The number of pyridine rings is 1. The smallest absolute Gasteiger partial charge is 0.199 e. The van der Waals surface area contributed by atoms with Crippen LogP contribution in [0.15, 0.2) is 29.1 Å². The summed E-state index contributed by atoms with van der Waals surface area (Å²) >= 11 is 0. The number of nitrogens with zero attached hydrogens (tertiary/aromatic N) is 5. The predicted octanol–water partition coefficient (Wildman–Crippen LogP) is 5.00. The number of ether oxygens (including phenoxy) is 3. The van der Waals surface area contributed by atoms with Gasteiger partial charge in [0, 0.05) is 68.3 Å². The van der Waals surface area contributed by atoms with E-state index in [1.807, 2.05) is 25.3 Å². The van der Waals surface area contributed by atoms with Gasteiger partial charge in [-0.05, 0) is 77.7 Å². The molecule has 4 aliphatic rings. The van der Waals surface area contributed by atoms with E-state index in [1.54, 1.807) is 24.3 Å². The molecule has 2 aromatic carbocycles. The third kappa shape index (κ3) is 7.19. The molecule has 4 fully saturated rings. The zero-order chi connectivity index (χ0) is 35.5. The minimum atomic E-state index is -0.426. The summed E-state index contributed by atoms with van der Waals surface area (Å²) in [5.74, 6) is -0.0180. The van der Waals surface area contributed by atoms with Crippen molar-refractivity contribution < 1.29 is 18.6 Å². The molecule has 0 atom stereocenters. The minimum absolute atomic E-state index is 0.133. The lowest BCUT2D eigenvalue weighted by Crippen LogP contribution is -2.49. The van der Waals surface area contributed by atoms with Crippen molar-refractivity contribution in [2.24, 2.45) is 0 Å². The number of morpholine rings is 2. The summed E-state index contributed by atoms with van der Waals surface area (Å²) in [6, 6.07) is 10.3. The highest BCUT2D eigenvalue weighted by atomic mass is 19.1. The maximum Gasteiger partial charge on any atom is 0.199 e. The Bertz CT molecular complexity index is 1910. The zero-order valence-corrected chi connectivity index (χ0v) is 30.3. The van der Waals surface area contributed by atoms with Crippen molar-refractivity contribution in [3.05, 3.63) is 45.9 Å². The molecule has 274 valence electrons. The fourth-order valence-corrected chi connectivity index (χ4v) is 8.51. The Kier molecular flexibility index (Phi) is 11.1. The third-order valence-electron chi connectivity index (χ3n) is 11.1. The Morgan fingerprint density at radius 3 is 2.14 bits per heavy atom. The second kappa shape index (κ2) is 15.9. The van der Waals surface area contributed by atoms with Crippen LogP contribution < -0.4 is 20.4 Å². The fraction of sp³-hybridized carbons (Fsp3) is 0.590. The first kappa shape index (κ1) is 35.7. The summed E-state index contributed by atoms with van der Waals surface area (Å²) in [4.78, 5) is 24.4. The van der Waals surface area contributed by atoms with Crippen molar-refractivity contribution in [1.29, 1.82) is 5.26 Å². The first-order valence-electron chi connectivity index (χ1n) is 18.9. The maximum atomic E-state index is 16.8. The van der Waals surface area contributed by atoms with Gasteiger partial charge in [0.2, 0.25) is 0 Å². The van der Waals surface area contributed by atoms with Gasteiger partial charge < -0.3 is 34.0 Å². The Balaban J connectivity index is 0.000000285. The summed E-state index contributed by atoms with van der Waals surface area (Å²) in [7, 11) is 0. The van der Waals surface area contributed by atoms with Crippen LogP contribution in [0.25, 0.3) is 32.8 Å². The maximum absolute atomic E-state index is 16.8. The predicted molar refractivity (Wildman–Crippen MR) is 200 cm³/mol. The Morgan fingerprint density at radius 1 is 0.922 bits per heavy atom. The molecular weight excluding hydrogens is 649 g/mol. The number of H-pyrrole nitrogens is 1. The van der Waals surface area contributed by atoms with E-state index < -0.39 is 5.82 Å². The number of hydrogen-bond acceptors (Lipinski definition) is 9. The van der Waals surface area contributed by atoms with Crippen LogP contribution >= 0.6 is 0 Å². The van der Waals surface area contributed by atoms with Crippen molar-refractivity contribution in [1.82, 2.24) is 24.7 Å². The van der Waals surface area contributed by atoms with E-state index in [9.17, 15) is 10.1 Å². The number of nitriles is 1. The molecule has 8 rings (SSSR count). The van der Waals surface area contributed by atoms with Gasteiger partial charge in [0.1, 0.15) is 17.1 Å². The number of rotatable bonds is 6. The second-order valence-corrected chi connectivity index (χ2v) is 14.4. The number of nitrogens with one attached hydrogen (secondary N) is 2. The number of halogens is 1. The quantitative estimate of drug-likeness (QED) is 0.287. The van der Waals surface area contributed by atoms with Gasteiger partial charge in [0.25, 0.3) is 0 Å². The van der Waals surface area contributed by atoms with E-state index >= 15 is 4.39 Å². The van der Waals surface area contributed by atoms with Crippen LogP contribution in [0.3, 0.4) is 0 Å². The molecule has 0 unspecified atom stereocenters. The monoisotopic (exact) mass is 701 g/mol. The molecule has 6 heterocycles. The van der Waals surface area contributed by atoms with Crippen molar-refractivity contribution >= 4 is 38.5 Å². The highest BCUT2D eigenvalue weighted by molar-refractivity contribution is 6.10. The van der Waals surface area contributed by atoms with Crippen molar-refractivity contribution in [2.45, 2.75) is 64.6 Å². The molecule has 51 heavy (non-hydrogen) atoms. The largest absolute Gasteiger partial charge is 0.492 e. The van der Waals surface area contributed by atoms with Gasteiger partial charge >= 0.3 is 0 Å². The molecule has 0 bridgehead atoms. The number of piperidine rings is 2. The molecule has 4 aliphatic heterocycles. The fourth-order valence-electron chi connectivity index (χ4n) is 8.51. The lowest BCUT2D eigenvalue weighted by Gasteiger charge is -2.41.